The molecule has 0 radical (unpaired) electrons. The van der Waals surface area contributed by atoms with E-state index >= 15 is 0 Å². The predicted octanol–water partition coefficient (Wildman–Crippen LogP) is 5.44. The van der Waals surface area contributed by atoms with Crippen molar-refractivity contribution in [1.29, 1.82) is 0 Å². The zero-order valence-corrected chi connectivity index (χ0v) is 24.0. The van der Waals surface area contributed by atoms with Crippen molar-refractivity contribution in [3.63, 3.8) is 0 Å². The first-order chi connectivity index (χ1) is 18.4. The Morgan fingerprint density at radius 1 is 1.16 bits per heavy atom. The lowest BCUT2D eigenvalue weighted by Gasteiger charge is -2.14. The molecule has 0 bridgehead atoms. The van der Waals surface area contributed by atoms with E-state index < -0.39 is 0 Å². The number of thioether (sulfide) groups is 1. The number of esters is 1. The number of nitrogens with one attached hydrogen (secondary N) is 1. The molecule has 1 aromatic heterocycles. The third-order valence-corrected chi connectivity index (χ3v) is 8.85. The SMILES string of the molecule is CCOC(=O)c1c(NC(=O)CCCN2C(=O)/C(=C/c3ccc(OC)c(OC)c3)SC2=S)sc2c1CCCC2. The fourth-order valence-electron chi connectivity index (χ4n) is 4.45. The van der Waals surface area contributed by atoms with Crippen LogP contribution >= 0.6 is 35.3 Å². The molecule has 0 atom stereocenters. The van der Waals surface area contributed by atoms with Gasteiger partial charge in [0.2, 0.25) is 5.91 Å². The van der Waals surface area contributed by atoms with Crippen molar-refractivity contribution in [3.8, 4) is 11.5 Å². The molecule has 8 nitrogen and oxygen atoms in total. The zero-order valence-electron chi connectivity index (χ0n) is 21.6. The maximum absolute atomic E-state index is 13.0. The van der Waals surface area contributed by atoms with Gasteiger partial charge < -0.3 is 19.5 Å². The fraction of sp³-hybridized carbons (Fsp3) is 0.407. The zero-order chi connectivity index (χ0) is 27.2. The van der Waals surface area contributed by atoms with Gasteiger partial charge in [-0.3, -0.25) is 14.5 Å². The van der Waals surface area contributed by atoms with Crippen LogP contribution in [-0.2, 0) is 27.2 Å². The average molecular weight is 575 g/mol. The lowest BCUT2D eigenvalue weighted by atomic mass is 9.95. The highest BCUT2D eigenvalue weighted by atomic mass is 32.2. The van der Waals surface area contributed by atoms with Crippen molar-refractivity contribution < 1.29 is 28.6 Å². The fourth-order valence-corrected chi connectivity index (χ4v) is 7.05. The second kappa shape index (κ2) is 12.8. The molecule has 2 aromatic rings. The number of aryl methyl sites for hydroxylation is 1. The smallest absolute Gasteiger partial charge is 0.341 e. The van der Waals surface area contributed by atoms with Crippen LogP contribution in [-0.4, -0.2) is 54.4 Å². The van der Waals surface area contributed by atoms with Gasteiger partial charge in [-0.25, -0.2) is 4.79 Å². The third-order valence-electron chi connectivity index (χ3n) is 6.27. The number of hydrogen-bond acceptors (Lipinski definition) is 9. The monoisotopic (exact) mass is 574 g/mol. The van der Waals surface area contributed by atoms with Gasteiger partial charge >= 0.3 is 5.97 Å². The van der Waals surface area contributed by atoms with Gasteiger partial charge in [-0.2, -0.15) is 0 Å². The number of rotatable bonds is 10. The molecule has 1 N–H and O–H groups in total. The van der Waals surface area contributed by atoms with Crippen LogP contribution in [0.25, 0.3) is 6.08 Å². The van der Waals surface area contributed by atoms with Gasteiger partial charge in [0, 0.05) is 17.8 Å². The number of thiophene rings is 1. The molecule has 0 spiro atoms. The van der Waals surface area contributed by atoms with Crippen LogP contribution in [0, 0.1) is 0 Å². The van der Waals surface area contributed by atoms with E-state index in [0.29, 0.717) is 44.3 Å². The number of carbonyl (C=O) groups is 3. The molecule has 202 valence electrons. The minimum absolute atomic E-state index is 0.189. The summed E-state index contributed by atoms with van der Waals surface area (Å²) >= 11 is 8.13. The molecule has 1 fully saturated rings. The molecule has 0 unspecified atom stereocenters. The Balaban J connectivity index is 1.36. The van der Waals surface area contributed by atoms with Gasteiger partial charge in [-0.1, -0.05) is 30.0 Å². The van der Waals surface area contributed by atoms with Crippen LogP contribution in [0.4, 0.5) is 5.00 Å². The van der Waals surface area contributed by atoms with Gasteiger partial charge in [0.15, 0.2) is 11.5 Å². The van der Waals surface area contributed by atoms with Crippen LogP contribution < -0.4 is 14.8 Å². The predicted molar refractivity (Wildman–Crippen MR) is 154 cm³/mol. The number of amides is 2. The van der Waals surface area contributed by atoms with E-state index in [0.717, 1.165) is 41.7 Å². The highest BCUT2D eigenvalue weighted by Gasteiger charge is 2.32. The molecule has 1 aromatic carbocycles. The number of anilines is 1. The number of ether oxygens (including phenoxy) is 3. The van der Waals surface area contributed by atoms with E-state index in [9.17, 15) is 14.4 Å². The standard InChI is InChI=1S/C27H30N2O6S3/c1-4-35-26(32)23-17-8-5-6-9-20(17)37-24(23)28-22(30)10-7-13-29-25(31)21(38-27(29)36)15-16-11-12-18(33-2)19(14-16)34-3/h11-12,14-15H,4-10,13H2,1-3H3,(H,28,30)/b21-15-. The first kappa shape index (κ1) is 28.1. The molecule has 38 heavy (non-hydrogen) atoms. The molecular formula is C27H30N2O6S3. The summed E-state index contributed by atoms with van der Waals surface area (Å²) in [5.41, 5.74) is 2.30. The summed E-state index contributed by atoms with van der Waals surface area (Å²) in [5.74, 6) is 0.389. The van der Waals surface area contributed by atoms with Crippen molar-refractivity contribution in [2.24, 2.45) is 0 Å². The summed E-state index contributed by atoms with van der Waals surface area (Å²) in [4.78, 5) is 41.6. The van der Waals surface area contributed by atoms with Gasteiger partial charge in [0.1, 0.15) is 9.32 Å². The highest BCUT2D eigenvalue weighted by molar-refractivity contribution is 8.26. The number of carbonyl (C=O) groups excluding carboxylic acids is 3. The summed E-state index contributed by atoms with van der Waals surface area (Å²) in [6, 6.07) is 5.41. The molecule has 0 saturated carbocycles. The number of hydrogen-bond donors (Lipinski definition) is 1. The quantitative estimate of drug-likeness (QED) is 0.228. The van der Waals surface area contributed by atoms with Crippen molar-refractivity contribution >= 4 is 68.5 Å². The topological polar surface area (TPSA) is 94.2 Å². The third kappa shape index (κ3) is 6.22. The Morgan fingerprint density at radius 2 is 1.92 bits per heavy atom. The lowest BCUT2D eigenvalue weighted by Crippen LogP contribution is -2.29. The van der Waals surface area contributed by atoms with E-state index in [4.69, 9.17) is 26.4 Å². The Hall–Kier alpha value is -2.89. The first-order valence-electron chi connectivity index (χ1n) is 12.4. The van der Waals surface area contributed by atoms with Gasteiger partial charge in [-0.05, 0) is 68.4 Å². The van der Waals surface area contributed by atoms with E-state index in [1.165, 1.54) is 28.0 Å². The first-order valence-corrected chi connectivity index (χ1v) is 14.5. The van der Waals surface area contributed by atoms with Crippen LogP contribution in [0.3, 0.4) is 0 Å². The normalized spacial score (nSPS) is 16.0. The average Bonchev–Trinajstić information content (AvgIpc) is 3.40. The summed E-state index contributed by atoms with van der Waals surface area (Å²) in [7, 11) is 3.12. The Kier molecular flexibility index (Phi) is 9.45. The van der Waals surface area contributed by atoms with E-state index in [1.54, 1.807) is 39.4 Å². The molecule has 1 saturated heterocycles. The van der Waals surface area contributed by atoms with Crippen LogP contribution in [0.2, 0.25) is 0 Å². The molecule has 11 heteroatoms. The van der Waals surface area contributed by atoms with Crippen LogP contribution in [0.15, 0.2) is 23.1 Å². The Bertz CT molecular complexity index is 1290. The summed E-state index contributed by atoms with van der Waals surface area (Å²) in [6.45, 7) is 2.37. The minimum atomic E-state index is -0.388. The molecule has 1 aliphatic carbocycles. The summed E-state index contributed by atoms with van der Waals surface area (Å²) < 4.78 is 16.3. The van der Waals surface area contributed by atoms with Gasteiger partial charge in [-0.15, -0.1) is 11.3 Å². The number of methoxy groups -OCH3 is 2. The van der Waals surface area contributed by atoms with Crippen LogP contribution in [0.1, 0.15) is 59.0 Å². The van der Waals surface area contributed by atoms with Crippen molar-refractivity contribution in [1.82, 2.24) is 4.90 Å². The molecule has 2 heterocycles. The van der Waals surface area contributed by atoms with E-state index in [2.05, 4.69) is 5.32 Å². The molecular weight excluding hydrogens is 545 g/mol. The van der Waals surface area contributed by atoms with Gasteiger partial charge in [0.25, 0.3) is 5.91 Å². The maximum Gasteiger partial charge on any atom is 0.341 e. The molecule has 2 aliphatic rings. The second-order valence-electron chi connectivity index (χ2n) is 8.73. The summed E-state index contributed by atoms with van der Waals surface area (Å²) in [6.07, 6.45) is 6.22. The van der Waals surface area contributed by atoms with E-state index in [1.807, 2.05) is 6.07 Å². The second-order valence-corrected chi connectivity index (χ2v) is 11.5. The van der Waals surface area contributed by atoms with Crippen molar-refractivity contribution in [2.75, 3.05) is 32.7 Å². The number of nitrogens with zero attached hydrogens (tertiary/aromatic N) is 1. The molecule has 2 amide bonds. The molecule has 4 rings (SSSR count). The van der Waals surface area contributed by atoms with Gasteiger partial charge in [0.05, 0.1) is 31.3 Å². The van der Waals surface area contributed by atoms with Crippen molar-refractivity contribution in [2.45, 2.75) is 45.4 Å². The lowest BCUT2D eigenvalue weighted by molar-refractivity contribution is -0.122. The number of fused-ring (bicyclic) bond motifs is 1. The molecule has 1 aliphatic heterocycles. The number of benzene rings is 1. The van der Waals surface area contributed by atoms with Crippen molar-refractivity contribution in [3.05, 3.63) is 44.7 Å². The van der Waals surface area contributed by atoms with E-state index in [-0.39, 0.29) is 30.8 Å². The Morgan fingerprint density at radius 3 is 2.66 bits per heavy atom. The highest BCUT2D eigenvalue weighted by Crippen LogP contribution is 2.39. The Labute approximate surface area is 235 Å². The summed E-state index contributed by atoms with van der Waals surface area (Å²) in [5, 5.41) is 3.48. The number of thiocarbonyl (C=S) groups is 1. The largest absolute Gasteiger partial charge is 0.493 e. The van der Waals surface area contributed by atoms with Crippen LogP contribution in [0.5, 0.6) is 11.5 Å². The minimum Gasteiger partial charge on any atom is -0.493 e. The maximum atomic E-state index is 13.0.